The molecule has 0 atom stereocenters. The molecular weight excluding hydrogens is 363 g/mol. The van der Waals surface area contributed by atoms with E-state index in [0.29, 0.717) is 25.2 Å². The quantitative estimate of drug-likeness (QED) is 0.792. The lowest BCUT2D eigenvalue weighted by molar-refractivity contribution is -0.137. The Morgan fingerprint density at radius 1 is 1.31 bits per heavy atom. The van der Waals surface area contributed by atoms with Gasteiger partial charge >= 0.3 is 6.09 Å². The first-order chi connectivity index (χ1) is 12.0. The van der Waals surface area contributed by atoms with E-state index < -0.39 is 23.1 Å². The summed E-state index contributed by atoms with van der Waals surface area (Å²) in [7, 11) is 0. The molecule has 8 heteroatoms. The number of carbonyl (C=O) groups is 3. The first-order valence-corrected chi connectivity index (χ1v) is 8.66. The lowest BCUT2D eigenvalue weighted by atomic mass is 10.0. The summed E-state index contributed by atoms with van der Waals surface area (Å²) < 4.78 is 18.6. The van der Waals surface area contributed by atoms with E-state index in [-0.39, 0.29) is 23.5 Å². The zero-order valence-electron chi connectivity index (χ0n) is 15.0. The molecule has 1 aliphatic heterocycles. The van der Waals surface area contributed by atoms with Gasteiger partial charge in [-0.1, -0.05) is 17.7 Å². The predicted octanol–water partition coefficient (Wildman–Crippen LogP) is 2.57. The largest absolute Gasteiger partial charge is 0.444 e. The number of hydrogen-bond acceptors (Lipinski definition) is 4. The molecule has 1 heterocycles. The number of ether oxygens (including phenoxy) is 1. The van der Waals surface area contributed by atoms with Crippen LogP contribution in [0.3, 0.4) is 0 Å². The monoisotopic (exact) mass is 384 g/mol. The SMILES string of the molecule is CC(C)(C)OC(=O)N1CC(CNC(=O)C(=O)Cc2ccc(Cl)c(F)c2)C1. The van der Waals surface area contributed by atoms with Crippen LogP contribution in [0.1, 0.15) is 26.3 Å². The number of nitrogens with one attached hydrogen (secondary N) is 1. The lowest BCUT2D eigenvalue weighted by Gasteiger charge is -2.39. The minimum Gasteiger partial charge on any atom is -0.444 e. The second kappa shape index (κ2) is 8.03. The van der Waals surface area contributed by atoms with Crippen molar-refractivity contribution < 1.29 is 23.5 Å². The van der Waals surface area contributed by atoms with Gasteiger partial charge in [0.15, 0.2) is 0 Å². The number of likely N-dealkylation sites (tertiary alicyclic amines) is 1. The van der Waals surface area contributed by atoms with Crippen LogP contribution in [-0.2, 0) is 20.7 Å². The van der Waals surface area contributed by atoms with E-state index in [1.54, 1.807) is 25.7 Å². The standard InChI is InChI=1S/C18H22ClFN2O4/c1-18(2,3)26-17(25)22-9-12(10-22)8-21-16(24)15(23)7-11-4-5-13(19)14(20)6-11/h4-6,12H,7-10H2,1-3H3,(H,21,24). The molecule has 26 heavy (non-hydrogen) atoms. The minimum absolute atomic E-state index is 0.0369. The van der Waals surface area contributed by atoms with Crippen molar-refractivity contribution >= 4 is 29.4 Å². The van der Waals surface area contributed by atoms with Crippen LogP contribution >= 0.6 is 11.6 Å². The summed E-state index contributed by atoms with van der Waals surface area (Å²) >= 11 is 5.58. The minimum atomic E-state index is -0.726. The zero-order chi connectivity index (χ0) is 19.5. The first kappa shape index (κ1) is 20.2. The molecule has 0 unspecified atom stereocenters. The van der Waals surface area contributed by atoms with Crippen molar-refractivity contribution in [3.63, 3.8) is 0 Å². The molecule has 2 amide bonds. The Hall–Kier alpha value is -2.15. The topological polar surface area (TPSA) is 75.7 Å². The highest BCUT2D eigenvalue weighted by Crippen LogP contribution is 2.19. The average Bonchev–Trinajstić information content (AvgIpc) is 2.47. The first-order valence-electron chi connectivity index (χ1n) is 8.28. The summed E-state index contributed by atoms with van der Waals surface area (Å²) in [4.78, 5) is 37.1. The van der Waals surface area contributed by atoms with Crippen molar-refractivity contribution in [3.8, 4) is 0 Å². The van der Waals surface area contributed by atoms with Gasteiger partial charge in [0.05, 0.1) is 5.02 Å². The highest BCUT2D eigenvalue weighted by Gasteiger charge is 2.34. The van der Waals surface area contributed by atoms with Crippen LogP contribution in [0.5, 0.6) is 0 Å². The Balaban J connectivity index is 1.71. The van der Waals surface area contributed by atoms with Gasteiger partial charge in [-0.2, -0.15) is 0 Å². The number of nitrogens with zero attached hydrogens (tertiary/aromatic N) is 1. The van der Waals surface area contributed by atoms with Crippen LogP contribution in [0.4, 0.5) is 9.18 Å². The molecule has 0 spiro atoms. The molecule has 1 saturated heterocycles. The zero-order valence-corrected chi connectivity index (χ0v) is 15.7. The third kappa shape index (κ3) is 5.69. The van der Waals surface area contributed by atoms with Crippen molar-refractivity contribution in [2.45, 2.75) is 32.8 Å². The summed E-state index contributed by atoms with van der Waals surface area (Å²) in [5.74, 6) is -1.94. The number of benzene rings is 1. The van der Waals surface area contributed by atoms with E-state index in [1.807, 2.05) is 0 Å². The van der Waals surface area contributed by atoms with E-state index in [2.05, 4.69) is 5.32 Å². The van der Waals surface area contributed by atoms with Gasteiger partial charge in [0.2, 0.25) is 5.78 Å². The van der Waals surface area contributed by atoms with Crippen LogP contribution in [0.15, 0.2) is 18.2 Å². The summed E-state index contributed by atoms with van der Waals surface area (Å²) in [5, 5.41) is 2.51. The molecule has 1 N–H and O–H groups in total. The smallest absolute Gasteiger partial charge is 0.410 e. The molecule has 0 saturated carbocycles. The molecule has 1 fully saturated rings. The molecule has 6 nitrogen and oxygen atoms in total. The van der Waals surface area contributed by atoms with E-state index in [0.717, 1.165) is 6.07 Å². The fourth-order valence-electron chi connectivity index (χ4n) is 2.43. The van der Waals surface area contributed by atoms with Gasteiger partial charge in [0.25, 0.3) is 5.91 Å². The third-order valence-corrected chi connectivity index (χ3v) is 4.07. The normalized spacial score (nSPS) is 14.6. The molecule has 0 aliphatic carbocycles. The summed E-state index contributed by atoms with van der Waals surface area (Å²) in [6, 6.07) is 3.98. The summed E-state index contributed by atoms with van der Waals surface area (Å²) in [6.07, 6.45) is -0.588. The predicted molar refractivity (Wildman–Crippen MR) is 94.4 cm³/mol. The van der Waals surface area contributed by atoms with Crippen LogP contribution in [0.25, 0.3) is 0 Å². The molecular formula is C18H22ClFN2O4. The van der Waals surface area contributed by atoms with Crippen LogP contribution < -0.4 is 5.32 Å². The highest BCUT2D eigenvalue weighted by molar-refractivity contribution is 6.36. The average molecular weight is 385 g/mol. The molecule has 1 aliphatic rings. The summed E-state index contributed by atoms with van der Waals surface area (Å²) in [6.45, 7) is 6.60. The molecule has 0 radical (unpaired) electrons. The number of amides is 2. The number of Topliss-reactive ketones (excluding diaryl/α,β-unsaturated/α-hetero) is 1. The Labute approximate surface area is 156 Å². The van der Waals surface area contributed by atoms with Crippen LogP contribution in [-0.4, -0.2) is 47.9 Å². The van der Waals surface area contributed by atoms with Gasteiger partial charge in [-0.05, 0) is 38.5 Å². The van der Waals surface area contributed by atoms with Crippen molar-refractivity contribution in [1.82, 2.24) is 10.2 Å². The maximum absolute atomic E-state index is 13.4. The lowest BCUT2D eigenvalue weighted by Crippen LogP contribution is -2.55. The molecule has 1 aromatic rings. The van der Waals surface area contributed by atoms with E-state index in [9.17, 15) is 18.8 Å². The van der Waals surface area contributed by atoms with Crippen molar-refractivity contribution in [3.05, 3.63) is 34.6 Å². The second-order valence-corrected chi connectivity index (χ2v) is 7.72. The fraction of sp³-hybridized carbons (Fsp3) is 0.500. The fourth-order valence-corrected chi connectivity index (χ4v) is 2.54. The Morgan fingerprint density at radius 3 is 2.54 bits per heavy atom. The van der Waals surface area contributed by atoms with Gasteiger partial charge in [0, 0.05) is 32.0 Å². The Bertz CT molecular complexity index is 712. The highest BCUT2D eigenvalue weighted by atomic mass is 35.5. The van der Waals surface area contributed by atoms with Crippen molar-refractivity contribution in [2.24, 2.45) is 5.92 Å². The van der Waals surface area contributed by atoms with Gasteiger partial charge in [-0.25, -0.2) is 9.18 Å². The number of hydrogen-bond donors (Lipinski definition) is 1. The molecule has 0 bridgehead atoms. The van der Waals surface area contributed by atoms with Gasteiger partial charge in [-0.3, -0.25) is 9.59 Å². The van der Waals surface area contributed by atoms with Gasteiger partial charge in [-0.15, -0.1) is 0 Å². The number of ketones is 1. The molecule has 2 rings (SSSR count). The Morgan fingerprint density at radius 2 is 1.96 bits per heavy atom. The summed E-state index contributed by atoms with van der Waals surface area (Å²) in [5.41, 5.74) is -0.170. The van der Waals surface area contributed by atoms with Crippen molar-refractivity contribution in [1.29, 1.82) is 0 Å². The maximum Gasteiger partial charge on any atom is 0.410 e. The number of halogens is 2. The number of rotatable bonds is 5. The molecule has 1 aromatic carbocycles. The van der Waals surface area contributed by atoms with Crippen molar-refractivity contribution in [2.75, 3.05) is 19.6 Å². The molecule has 0 aromatic heterocycles. The third-order valence-electron chi connectivity index (χ3n) is 3.76. The molecule has 142 valence electrons. The maximum atomic E-state index is 13.4. The van der Waals surface area contributed by atoms with Crippen LogP contribution in [0.2, 0.25) is 5.02 Å². The van der Waals surface area contributed by atoms with E-state index in [4.69, 9.17) is 16.3 Å². The van der Waals surface area contributed by atoms with Gasteiger partial charge in [0.1, 0.15) is 11.4 Å². The second-order valence-electron chi connectivity index (χ2n) is 7.31. The van der Waals surface area contributed by atoms with Crippen LogP contribution in [0, 0.1) is 11.7 Å². The van der Waals surface area contributed by atoms with E-state index in [1.165, 1.54) is 12.1 Å². The van der Waals surface area contributed by atoms with E-state index >= 15 is 0 Å². The number of carbonyl (C=O) groups excluding carboxylic acids is 3. The van der Waals surface area contributed by atoms with Gasteiger partial charge < -0.3 is 15.0 Å². The Kier molecular flexibility index (Phi) is 6.23.